The lowest BCUT2D eigenvalue weighted by atomic mass is 10.4. The van der Waals surface area contributed by atoms with Crippen molar-refractivity contribution in [1.29, 1.82) is 0 Å². The number of aromatic nitrogens is 1. The molecule has 0 saturated carbocycles. The molecule has 0 aliphatic carbocycles. The van der Waals surface area contributed by atoms with Gasteiger partial charge >= 0.3 is 0 Å². The Labute approximate surface area is 111 Å². The van der Waals surface area contributed by atoms with Gasteiger partial charge in [-0.15, -0.1) is 0 Å². The van der Waals surface area contributed by atoms with E-state index in [1.54, 1.807) is 12.3 Å². The number of halogens is 1. The molecule has 6 heteroatoms. The van der Waals surface area contributed by atoms with Gasteiger partial charge in [-0.05, 0) is 42.3 Å². The molecule has 1 aromatic heterocycles. The minimum atomic E-state index is -3.44. The molecule has 0 unspecified atom stereocenters. The third-order valence-corrected chi connectivity index (χ3v) is 4.78. The van der Waals surface area contributed by atoms with Gasteiger partial charge in [-0.2, -0.15) is 4.31 Å². The topological polar surface area (TPSA) is 50.3 Å². The van der Waals surface area contributed by atoms with Gasteiger partial charge in [0.25, 0.3) is 0 Å². The molecule has 0 spiro atoms. The van der Waals surface area contributed by atoms with Gasteiger partial charge in [0.2, 0.25) is 10.0 Å². The Morgan fingerprint density at radius 3 is 2.53 bits per heavy atom. The molecule has 0 aliphatic rings. The zero-order valence-corrected chi connectivity index (χ0v) is 12.6. The van der Waals surface area contributed by atoms with Crippen LogP contribution in [0.25, 0.3) is 0 Å². The third-order valence-electron chi connectivity index (χ3n) is 2.31. The van der Waals surface area contributed by atoms with Crippen LogP contribution in [0, 0.1) is 0 Å². The fourth-order valence-corrected chi connectivity index (χ4v) is 3.78. The first-order valence-corrected chi connectivity index (χ1v) is 7.75. The van der Waals surface area contributed by atoms with Crippen molar-refractivity contribution in [2.24, 2.45) is 0 Å². The predicted octanol–water partition coefficient (Wildman–Crippen LogP) is 2.65. The second-order valence-corrected chi connectivity index (χ2v) is 6.85. The second-order valence-electron chi connectivity index (χ2n) is 4.05. The van der Waals surface area contributed by atoms with Gasteiger partial charge < -0.3 is 0 Å². The highest BCUT2D eigenvalue weighted by Gasteiger charge is 2.26. The number of hydrogen-bond acceptors (Lipinski definition) is 3. The first-order chi connectivity index (χ1) is 7.89. The maximum atomic E-state index is 12.4. The summed E-state index contributed by atoms with van der Waals surface area (Å²) in [6.45, 7) is 6.23. The first-order valence-electron chi connectivity index (χ1n) is 5.52. The summed E-state index contributed by atoms with van der Waals surface area (Å²) in [5.74, 6) is 0. The molecule has 0 N–H and O–H groups in total. The van der Waals surface area contributed by atoms with Crippen LogP contribution in [0.15, 0.2) is 27.8 Å². The molecule has 1 heterocycles. The Kier molecular flexibility index (Phi) is 5.09. The second kappa shape index (κ2) is 5.93. The van der Waals surface area contributed by atoms with Crippen molar-refractivity contribution in [1.82, 2.24) is 9.29 Å². The van der Waals surface area contributed by atoms with E-state index < -0.39 is 10.0 Å². The Balaban J connectivity index is 3.16. The number of rotatable bonds is 5. The lowest BCUT2D eigenvalue weighted by Crippen LogP contribution is -2.37. The standard InChI is InChI=1S/C11H17BrN2O2S/c1-4-5-14(9(2)3)17(15,16)11-6-10(12)7-13-8-11/h6-9H,4-5H2,1-3H3. The highest BCUT2D eigenvalue weighted by molar-refractivity contribution is 9.10. The molecule has 0 aliphatic heterocycles. The maximum absolute atomic E-state index is 12.4. The van der Waals surface area contributed by atoms with Crippen LogP contribution in [0.5, 0.6) is 0 Å². The van der Waals surface area contributed by atoms with E-state index >= 15 is 0 Å². The van der Waals surface area contributed by atoms with Crippen molar-refractivity contribution >= 4 is 26.0 Å². The maximum Gasteiger partial charge on any atom is 0.244 e. The molecule has 0 radical (unpaired) electrons. The summed E-state index contributed by atoms with van der Waals surface area (Å²) in [4.78, 5) is 4.13. The number of nitrogens with zero attached hydrogens (tertiary/aromatic N) is 2. The molecule has 0 bridgehead atoms. The summed E-state index contributed by atoms with van der Waals surface area (Å²) in [5.41, 5.74) is 0. The molecule has 4 nitrogen and oxygen atoms in total. The van der Waals surface area contributed by atoms with Crippen LogP contribution in [-0.4, -0.2) is 30.3 Å². The van der Waals surface area contributed by atoms with Crippen molar-refractivity contribution in [3.8, 4) is 0 Å². The number of hydrogen-bond donors (Lipinski definition) is 0. The van der Waals surface area contributed by atoms with E-state index in [0.29, 0.717) is 11.0 Å². The lowest BCUT2D eigenvalue weighted by Gasteiger charge is -2.25. The monoisotopic (exact) mass is 320 g/mol. The van der Waals surface area contributed by atoms with Crippen LogP contribution < -0.4 is 0 Å². The van der Waals surface area contributed by atoms with Crippen LogP contribution >= 0.6 is 15.9 Å². The van der Waals surface area contributed by atoms with E-state index in [9.17, 15) is 8.42 Å². The Bertz CT molecular complexity index is 474. The molecule has 17 heavy (non-hydrogen) atoms. The SMILES string of the molecule is CCCN(C(C)C)S(=O)(=O)c1cncc(Br)c1. The van der Waals surface area contributed by atoms with Crippen molar-refractivity contribution < 1.29 is 8.42 Å². The molecular formula is C11H17BrN2O2S. The summed E-state index contributed by atoms with van der Waals surface area (Å²) in [6, 6.07) is 1.52. The van der Waals surface area contributed by atoms with Crippen LogP contribution in [0.3, 0.4) is 0 Å². The molecule has 0 fully saturated rings. The van der Waals surface area contributed by atoms with Crippen molar-refractivity contribution in [3.63, 3.8) is 0 Å². The van der Waals surface area contributed by atoms with Gasteiger partial charge in [0.1, 0.15) is 4.90 Å². The summed E-state index contributed by atoms with van der Waals surface area (Å²) in [5, 5.41) is 0. The van der Waals surface area contributed by atoms with Crippen LogP contribution in [-0.2, 0) is 10.0 Å². The van der Waals surface area contributed by atoms with Gasteiger partial charge in [0.15, 0.2) is 0 Å². The molecular weight excluding hydrogens is 304 g/mol. The number of sulfonamides is 1. The summed E-state index contributed by atoms with van der Waals surface area (Å²) in [6.07, 6.45) is 3.74. The molecule has 0 amide bonds. The fourth-order valence-electron chi connectivity index (χ4n) is 1.55. The van der Waals surface area contributed by atoms with E-state index in [2.05, 4.69) is 20.9 Å². The quantitative estimate of drug-likeness (QED) is 0.838. The van der Waals surface area contributed by atoms with Crippen LogP contribution in [0.2, 0.25) is 0 Å². The largest absolute Gasteiger partial charge is 0.262 e. The Morgan fingerprint density at radius 1 is 1.41 bits per heavy atom. The molecule has 1 rings (SSSR count). The third kappa shape index (κ3) is 3.50. The summed E-state index contributed by atoms with van der Waals surface area (Å²) < 4.78 is 26.9. The Hall–Kier alpha value is -0.460. The van der Waals surface area contributed by atoms with E-state index in [0.717, 1.165) is 6.42 Å². The van der Waals surface area contributed by atoms with Crippen LogP contribution in [0.1, 0.15) is 27.2 Å². The van der Waals surface area contributed by atoms with E-state index in [1.807, 2.05) is 20.8 Å². The summed E-state index contributed by atoms with van der Waals surface area (Å²) in [7, 11) is -3.44. The molecule has 0 saturated heterocycles. The molecule has 0 aromatic carbocycles. The van der Waals surface area contributed by atoms with Crippen molar-refractivity contribution in [3.05, 3.63) is 22.9 Å². The first kappa shape index (κ1) is 14.6. The molecule has 0 atom stereocenters. The van der Waals surface area contributed by atoms with Crippen molar-refractivity contribution in [2.75, 3.05) is 6.54 Å². The van der Waals surface area contributed by atoms with Crippen LogP contribution in [0.4, 0.5) is 0 Å². The smallest absolute Gasteiger partial charge is 0.244 e. The fraction of sp³-hybridized carbons (Fsp3) is 0.545. The highest BCUT2D eigenvalue weighted by Crippen LogP contribution is 2.20. The van der Waals surface area contributed by atoms with Gasteiger partial charge in [-0.25, -0.2) is 8.42 Å². The minimum absolute atomic E-state index is 0.0565. The zero-order valence-electron chi connectivity index (χ0n) is 10.2. The highest BCUT2D eigenvalue weighted by atomic mass is 79.9. The zero-order chi connectivity index (χ0) is 13.1. The summed E-state index contributed by atoms with van der Waals surface area (Å²) >= 11 is 3.23. The predicted molar refractivity (Wildman–Crippen MR) is 71.3 cm³/mol. The average Bonchev–Trinajstić information content (AvgIpc) is 2.25. The van der Waals surface area contributed by atoms with Crippen molar-refractivity contribution in [2.45, 2.75) is 38.1 Å². The normalized spacial score (nSPS) is 12.4. The van der Waals surface area contributed by atoms with Gasteiger partial charge in [-0.1, -0.05) is 6.92 Å². The lowest BCUT2D eigenvalue weighted by molar-refractivity contribution is 0.354. The molecule has 1 aromatic rings. The van der Waals surface area contributed by atoms with Gasteiger partial charge in [0.05, 0.1) is 0 Å². The molecule has 96 valence electrons. The number of pyridine rings is 1. The van der Waals surface area contributed by atoms with Gasteiger partial charge in [0, 0.05) is 29.5 Å². The minimum Gasteiger partial charge on any atom is -0.262 e. The van der Waals surface area contributed by atoms with E-state index in [1.165, 1.54) is 10.5 Å². The van der Waals surface area contributed by atoms with E-state index in [-0.39, 0.29) is 10.9 Å². The average molecular weight is 321 g/mol. The van der Waals surface area contributed by atoms with Gasteiger partial charge in [-0.3, -0.25) is 4.98 Å². The Morgan fingerprint density at radius 2 is 2.06 bits per heavy atom. The van der Waals surface area contributed by atoms with E-state index in [4.69, 9.17) is 0 Å².